The van der Waals surface area contributed by atoms with E-state index in [1.54, 1.807) is 24.9 Å². The Hall–Kier alpha value is -2.38. The molecule has 3 atom stereocenters. The van der Waals surface area contributed by atoms with E-state index < -0.39 is 6.04 Å². The number of nitrogens with one attached hydrogen (secondary N) is 2. The van der Waals surface area contributed by atoms with Gasteiger partial charge in [-0.2, -0.15) is 0 Å². The number of piperidine rings is 1. The molecule has 0 radical (unpaired) electrons. The molecule has 1 aliphatic rings. The van der Waals surface area contributed by atoms with E-state index in [1.807, 2.05) is 52.0 Å². The number of rotatable bonds is 11. The lowest BCUT2D eigenvalue weighted by molar-refractivity contribution is -0.140. The van der Waals surface area contributed by atoms with E-state index >= 15 is 0 Å². The van der Waals surface area contributed by atoms with Gasteiger partial charge in [0.2, 0.25) is 17.7 Å². The number of carbonyl (C=O) groups is 3. The zero-order valence-electron chi connectivity index (χ0n) is 24.4. The molecule has 8 heteroatoms. The molecular formula is C30H47ClN4O3. The fourth-order valence-corrected chi connectivity index (χ4v) is 5.25. The summed E-state index contributed by atoms with van der Waals surface area (Å²) >= 11 is 6.04. The van der Waals surface area contributed by atoms with Crippen LogP contribution in [-0.2, 0) is 20.9 Å². The van der Waals surface area contributed by atoms with Crippen molar-refractivity contribution in [3.8, 4) is 0 Å². The summed E-state index contributed by atoms with van der Waals surface area (Å²) in [5, 5.41) is 6.63. The van der Waals surface area contributed by atoms with Gasteiger partial charge in [-0.1, -0.05) is 63.9 Å². The van der Waals surface area contributed by atoms with Gasteiger partial charge in [-0.3, -0.25) is 19.3 Å². The molecule has 0 aromatic heterocycles. The standard InChI is InChI=1S/C30H47ClN4O3/c1-19(2)26(16-22(7)28(36)32-18-23-12-11-13-24(31)17-23)34(8)30(38)27(20(3)4)33-29(37)25-14-9-10-15-35(25)21(5)6/h11-13,16-17,19-21,25-27H,9-10,14-15,18H2,1-8H3,(H,32,36)(H,33,37)/b22-16+/t25-,26?,27+/m1/s1. The smallest absolute Gasteiger partial charge is 0.246 e. The van der Waals surface area contributed by atoms with E-state index in [-0.39, 0.29) is 47.7 Å². The number of nitrogens with zero attached hydrogens (tertiary/aromatic N) is 2. The molecule has 3 amide bonds. The fourth-order valence-electron chi connectivity index (χ4n) is 5.03. The van der Waals surface area contributed by atoms with Crippen LogP contribution in [0.4, 0.5) is 0 Å². The second-order valence-corrected chi connectivity index (χ2v) is 11.9. The average molecular weight is 547 g/mol. The maximum absolute atomic E-state index is 13.7. The minimum atomic E-state index is -0.643. The van der Waals surface area contributed by atoms with Gasteiger partial charge in [0.15, 0.2) is 0 Å². The fraction of sp³-hybridized carbons (Fsp3) is 0.633. The number of likely N-dealkylation sites (tertiary alicyclic amines) is 1. The molecule has 1 aromatic rings. The van der Waals surface area contributed by atoms with Gasteiger partial charge in [0.05, 0.1) is 12.1 Å². The van der Waals surface area contributed by atoms with Gasteiger partial charge in [0.1, 0.15) is 6.04 Å². The Morgan fingerprint density at radius 3 is 2.37 bits per heavy atom. The van der Waals surface area contributed by atoms with Crippen LogP contribution >= 0.6 is 11.6 Å². The summed E-state index contributed by atoms with van der Waals surface area (Å²) in [4.78, 5) is 43.8. The predicted molar refractivity (Wildman–Crippen MR) is 155 cm³/mol. The van der Waals surface area contributed by atoms with Crippen molar-refractivity contribution >= 4 is 29.3 Å². The second kappa shape index (κ2) is 14.7. The van der Waals surface area contributed by atoms with Crippen molar-refractivity contribution in [2.45, 2.75) is 98.4 Å². The number of benzene rings is 1. The van der Waals surface area contributed by atoms with Gasteiger partial charge < -0.3 is 15.5 Å². The van der Waals surface area contributed by atoms with Crippen LogP contribution in [0.5, 0.6) is 0 Å². The molecule has 7 nitrogen and oxygen atoms in total. The van der Waals surface area contributed by atoms with Crippen molar-refractivity contribution in [1.82, 2.24) is 20.4 Å². The molecule has 0 spiro atoms. The first kappa shape index (κ1) is 31.8. The average Bonchev–Trinajstić information content (AvgIpc) is 2.87. The Bertz CT molecular complexity index is 991. The highest BCUT2D eigenvalue weighted by molar-refractivity contribution is 6.30. The van der Waals surface area contributed by atoms with E-state index in [2.05, 4.69) is 29.4 Å². The van der Waals surface area contributed by atoms with Crippen molar-refractivity contribution in [3.05, 3.63) is 46.5 Å². The highest BCUT2D eigenvalue weighted by atomic mass is 35.5. The first-order valence-corrected chi connectivity index (χ1v) is 14.2. The summed E-state index contributed by atoms with van der Waals surface area (Å²) in [6.45, 7) is 15.2. The summed E-state index contributed by atoms with van der Waals surface area (Å²) in [5.74, 6) is -0.438. The lowest BCUT2D eigenvalue weighted by Crippen LogP contribution is -2.58. The van der Waals surface area contributed by atoms with E-state index in [9.17, 15) is 14.4 Å². The lowest BCUT2D eigenvalue weighted by Gasteiger charge is -2.39. The molecule has 2 N–H and O–H groups in total. The van der Waals surface area contributed by atoms with E-state index in [0.717, 1.165) is 31.4 Å². The number of carbonyl (C=O) groups excluding carboxylic acids is 3. The van der Waals surface area contributed by atoms with Crippen molar-refractivity contribution in [3.63, 3.8) is 0 Å². The minimum absolute atomic E-state index is 0.0675. The van der Waals surface area contributed by atoms with E-state index in [0.29, 0.717) is 17.1 Å². The molecule has 1 unspecified atom stereocenters. The third-order valence-electron chi connectivity index (χ3n) is 7.34. The van der Waals surface area contributed by atoms with Gasteiger partial charge in [-0.25, -0.2) is 0 Å². The molecular weight excluding hydrogens is 500 g/mol. The summed E-state index contributed by atoms with van der Waals surface area (Å²) in [6.07, 6.45) is 4.75. The van der Waals surface area contributed by atoms with Crippen LogP contribution in [0.2, 0.25) is 5.02 Å². The molecule has 2 rings (SSSR count). The third kappa shape index (κ3) is 8.84. The molecule has 1 aromatic carbocycles. The zero-order valence-corrected chi connectivity index (χ0v) is 25.1. The van der Waals surface area contributed by atoms with Crippen LogP contribution in [0, 0.1) is 11.8 Å². The molecule has 38 heavy (non-hydrogen) atoms. The number of amides is 3. The maximum Gasteiger partial charge on any atom is 0.246 e. The monoisotopic (exact) mass is 546 g/mol. The van der Waals surface area contributed by atoms with Crippen molar-refractivity contribution < 1.29 is 14.4 Å². The first-order chi connectivity index (χ1) is 17.8. The quantitative estimate of drug-likeness (QED) is 0.391. The first-order valence-electron chi connectivity index (χ1n) is 13.9. The normalized spacial score (nSPS) is 18.4. The third-order valence-corrected chi connectivity index (χ3v) is 7.57. The molecule has 1 heterocycles. The Kier molecular flexibility index (Phi) is 12.3. The van der Waals surface area contributed by atoms with Crippen LogP contribution in [0.25, 0.3) is 0 Å². The Morgan fingerprint density at radius 2 is 1.79 bits per heavy atom. The molecule has 1 fully saturated rings. The number of hydrogen-bond acceptors (Lipinski definition) is 4. The lowest BCUT2D eigenvalue weighted by atomic mass is 9.95. The summed E-state index contributed by atoms with van der Waals surface area (Å²) < 4.78 is 0. The topological polar surface area (TPSA) is 81.8 Å². The number of halogens is 1. The van der Waals surface area contributed by atoms with Gasteiger partial charge in [-0.05, 0) is 69.7 Å². The van der Waals surface area contributed by atoms with Crippen molar-refractivity contribution in [2.75, 3.05) is 13.6 Å². The molecule has 0 saturated carbocycles. The highest BCUT2D eigenvalue weighted by Crippen LogP contribution is 2.21. The maximum atomic E-state index is 13.7. The highest BCUT2D eigenvalue weighted by Gasteiger charge is 2.36. The van der Waals surface area contributed by atoms with E-state index in [4.69, 9.17) is 11.6 Å². The summed E-state index contributed by atoms with van der Waals surface area (Å²) in [5.41, 5.74) is 1.45. The van der Waals surface area contributed by atoms with Crippen LogP contribution in [0.15, 0.2) is 35.9 Å². The van der Waals surface area contributed by atoms with Crippen molar-refractivity contribution in [2.24, 2.45) is 11.8 Å². The van der Waals surface area contributed by atoms with Gasteiger partial charge in [-0.15, -0.1) is 0 Å². The number of likely N-dealkylation sites (N-methyl/N-ethyl adjacent to an activating group) is 1. The zero-order chi connectivity index (χ0) is 28.6. The number of hydrogen-bond donors (Lipinski definition) is 2. The van der Waals surface area contributed by atoms with Gasteiger partial charge in [0.25, 0.3) is 0 Å². The molecule has 1 saturated heterocycles. The largest absolute Gasteiger partial charge is 0.348 e. The van der Waals surface area contributed by atoms with Gasteiger partial charge in [0, 0.05) is 30.2 Å². The molecule has 1 aliphatic heterocycles. The van der Waals surface area contributed by atoms with Crippen LogP contribution in [-0.4, -0.2) is 65.3 Å². The van der Waals surface area contributed by atoms with Gasteiger partial charge >= 0.3 is 0 Å². The van der Waals surface area contributed by atoms with Crippen LogP contribution in [0.3, 0.4) is 0 Å². The molecule has 0 aliphatic carbocycles. The van der Waals surface area contributed by atoms with Crippen LogP contribution < -0.4 is 10.6 Å². The van der Waals surface area contributed by atoms with Crippen LogP contribution in [0.1, 0.15) is 73.3 Å². The molecule has 0 bridgehead atoms. The van der Waals surface area contributed by atoms with E-state index in [1.165, 1.54) is 0 Å². The SMILES string of the molecule is C/C(=C\C(C(C)C)N(C)C(=O)[C@@H](NC(=O)[C@H]1CCCCN1C(C)C)C(C)C)C(=O)NCc1cccc(Cl)c1. The Balaban J connectivity index is 2.13. The summed E-state index contributed by atoms with van der Waals surface area (Å²) in [7, 11) is 1.75. The van der Waals surface area contributed by atoms with Crippen molar-refractivity contribution in [1.29, 1.82) is 0 Å². The Labute approximate surface area is 234 Å². The predicted octanol–water partition coefficient (Wildman–Crippen LogP) is 4.79. The minimum Gasteiger partial charge on any atom is -0.348 e. The second-order valence-electron chi connectivity index (χ2n) is 11.4. The Morgan fingerprint density at radius 1 is 1.11 bits per heavy atom. The molecule has 212 valence electrons. The summed E-state index contributed by atoms with van der Waals surface area (Å²) in [6, 6.07) is 6.47.